The molecule has 20 rings (SSSR count). The van der Waals surface area contributed by atoms with Crippen LogP contribution >= 0.6 is 36.3 Å². The summed E-state index contributed by atoms with van der Waals surface area (Å²) in [4.78, 5) is 6.80. The van der Waals surface area contributed by atoms with Crippen molar-refractivity contribution in [1.29, 1.82) is 0 Å². The van der Waals surface area contributed by atoms with Crippen molar-refractivity contribution < 1.29 is 27.5 Å². The largest absolute Gasteiger partial charge is 0.354 e. The number of ether oxygens (including phenoxy) is 1. The Hall–Kier alpha value is -12.0. The molecule has 0 amide bonds. The Labute approximate surface area is 687 Å². The van der Waals surface area contributed by atoms with Gasteiger partial charge in [0.25, 0.3) is 0 Å². The van der Waals surface area contributed by atoms with Gasteiger partial charge in [-0.1, -0.05) is 271 Å². The van der Waals surface area contributed by atoms with Crippen molar-refractivity contribution in [3.8, 4) is 22.3 Å². The number of fused-ring (bicyclic) bond motifs is 8. The van der Waals surface area contributed by atoms with Gasteiger partial charge in [0.15, 0.2) is 0 Å². The van der Waals surface area contributed by atoms with E-state index in [-0.39, 0.29) is 0 Å². The average Bonchev–Trinajstić information content (AvgIpc) is 0.971. The monoisotopic (exact) mass is 1690 g/mol. The van der Waals surface area contributed by atoms with Crippen LogP contribution < -0.4 is 36.9 Å². The van der Waals surface area contributed by atoms with Crippen LogP contribution in [0.2, 0.25) is 0 Å². The summed E-state index contributed by atoms with van der Waals surface area (Å²) in [5.74, 6) is 0. The first-order chi connectivity index (χ1) is 55.6. The number of nitrogens with one attached hydrogen (secondary N) is 1. The molecule has 0 spiro atoms. The topological polar surface area (TPSA) is 123 Å². The van der Waals surface area contributed by atoms with Crippen LogP contribution in [0.15, 0.2) is 399 Å². The van der Waals surface area contributed by atoms with Crippen molar-refractivity contribution in [3.05, 3.63) is 399 Å². The molecule has 556 valence electrons. The molecule has 2 aliphatic heterocycles. The van der Waals surface area contributed by atoms with Crippen molar-refractivity contribution in [3.63, 3.8) is 0 Å². The number of hydrogen-bond acceptors (Lipinski definition) is 9. The molecule has 13 heteroatoms. The molecule has 0 saturated carbocycles. The zero-order chi connectivity index (χ0) is 77.4. The number of anilines is 13. The first kappa shape index (κ1) is 76.4. The maximum atomic E-state index is 9.37. The SMILES string of the molecule is C1CCOC1.Nc1cccc2cccc(-c3ccc4cc(N(c5ccccc5)c5ccccc5)ccc4c3)c12.Nc1cccc2cccc(Br)c12.OB(O)c1ccc2cc(N(c3ccccc3)c3ccccc3)ccc2c1.[Cu][I].c1ccc(N(c2ccccc2)c2ccc3c4c(ccc3c2)-c2cccc3cccc(c23)N4)cc1. The second kappa shape index (κ2) is 36.4. The Bertz CT molecular complexity index is 6060. The van der Waals surface area contributed by atoms with E-state index >= 15 is 0 Å². The molecule has 113 heavy (non-hydrogen) atoms. The second-order valence-electron chi connectivity index (χ2n) is 27.4. The number of halogens is 2. The predicted molar refractivity (Wildman–Crippen MR) is 489 cm³/mol. The molecule has 0 aromatic heterocycles. The molecule has 9 nitrogen and oxygen atoms in total. The van der Waals surface area contributed by atoms with E-state index in [1.165, 1.54) is 78.6 Å². The summed E-state index contributed by atoms with van der Waals surface area (Å²) in [5.41, 5.74) is 31.6. The average molecular weight is 1690 g/mol. The van der Waals surface area contributed by atoms with E-state index in [1.54, 1.807) is 32.5 Å². The van der Waals surface area contributed by atoms with Crippen LogP contribution in [-0.4, -0.2) is 30.4 Å². The van der Waals surface area contributed by atoms with E-state index in [4.69, 9.17) is 16.2 Å². The van der Waals surface area contributed by atoms with Crippen molar-refractivity contribution >= 4 is 187 Å². The number of rotatable bonds is 11. The summed E-state index contributed by atoms with van der Waals surface area (Å²) in [6.07, 6.45) is 2.56. The van der Waals surface area contributed by atoms with E-state index in [1.807, 2.05) is 84.9 Å². The van der Waals surface area contributed by atoms with E-state index in [0.717, 1.165) is 113 Å². The van der Waals surface area contributed by atoms with Gasteiger partial charge in [0.2, 0.25) is 0 Å². The molecular weight excluding hydrogens is 1610 g/mol. The molecule has 0 bridgehead atoms. The Kier molecular flexibility index (Phi) is 24.6. The van der Waals surface area contributed by atoms with Gasteiger partial charge in [-0.2, -0.15) is 0 Å². The molecular formula is C100H80BBrCuIN6O3. The predicted octanol–water partition coefficient (Wildman–Crippen LogP) is 26.8. The summed E-state index contributed by atoms with van der Waals surface area (Å²) in [5, 5.41) is 36.5. The van der Waals surface area contributed by atoms with Crippen LogP contribution in [0.3, 0.4) is 0 Å². The van der Waals surface area contributed by atoms with Gasteiger partial charge in [-0.25, -0.2) is 0 Å². The van der Waals surface area contributed by atoms with Crippen molar-refractivity contribution in [2.75, 3.05) is 44.7 Å². The van der Waals surface area contributed by atoms with Gasteiger partial charge in [-0.15, -0.1) is 0 Å². The number of nitrogen functional groups attached to an aromatic ring is 2. The maximum absolute atomic E-state index is 9.37. The Morgan fingerprint density at radius 2 is 0.690 bits per heavy atom. The molecule has 1 fully saturated rings. The summed E-state index contributed by atoms with van der Waals surface area (Å²) < 4.78 is 6.00. The summed E-state index contributed by atoms with van der Waals surface area (Å²) in [7, 11) is -1.45. The quantitative estimate of drug-likeness (QED) is 0.0489. The van der Waals surface area contributed by atoms with Crippen LogP contribution in [-0.2, 0) is 17.5 Å². The van der Waals surface area contributed by atoms with E-state index < -0.39 is 7.12 Å². The van der Waals surface area contributed by atoms with Crippen LogP contribution in [0.25, 0.3) is 86.9 Å². The van der Waals surface area contributed by atoms with Gasteiger partial charge in [0.1, 0.15) is 0 Å². The third kappa shape index (κ3) is 17.4. The summed E-state index contributed by atoms with van der Waals surface area (Å²) in [6, 6.07) is 136. The smallest absolute Gasteiger partial charge is 0.0544 e. The molecule has 7 N–H and O–H groups in total. The minimum absolute atomic E-state index is 0.494. The van der Waals surface area contributed by atoms with Crippen molar-refractivity contribution in [1.82, 2.24) is 0 Å². The van der Waals surface area contributed by atoms with Crippen molar-refractivity contribution in [2.45, 2.75) is 12.8 Å². The van der Waals surface area contributed by atoms with Crippen LogP contribution in [0.4, 0.5) is 73.9 Å². The maximum Gasteiger partial charge on any atom is 0.0544 e. The number of para-hydroxylation sites is 6. The van der Waals surface area contributed by atoms with Gasteiger partial charge in [0, 0.05) is 113 Å². The molecule has 0 unspecified atom stereocenters. The molecule has 0 radical (unpaired) electrons. The van der Waals surface area contributed by atoms with Crippen LogP contribution in [0.1, 0.15) is 12.8 Å². The van der Waals surface area contributed by atoms with Gasteiger partial charge in [0.05, 0.1) is 5.69 Å². The first-order valence-electron chi connectivity index (χ1n) is 37.6. The van der Waals surface area contributed by atoms with E-state index in [9.17, 15) is 10.0 Å². The van der Waals surface area contributed by atoms with E-state index in [2.05, 4.69) is 346 Å². The zero-order valence-electron chi connectivity index (χ0n) is 61.8. The van der Waals surface area contributed by atoms with Crippen LogP contribution in [0.5, 0.6) is 0 Å². The molecule has 2 heterocycles. The molecule has 18 aromatic carbocycles. The Balaban J connectivity index is 0.000000120. The normalized spacial score (nSPS) is 11.6. The molecule has 18 aromatic rings. The van der Waals surface area contributed by atoms with Gasteiger partial charge >= 0.3 is 40.2 Å². The van der Waals surface area contributed by atoms with Gasteiger partial charge in [-0.05, 0) is 218 Å². The Morgan fingerprint density at radius 1 is 0.319 bits per heavy atom. The fourth-order valence-electron chi connectivity index (χ4n) is 15.0. The number of nitrogens with zero attached hydrogens (tertiary/aromatic N) is 3. The molecule has 1 saturated heterocycles. The third-order valence-electron chi connectivity index (χ3n) is 20.3. The number of nitrogens with two attached hydrogens (primary N) is 2. The number of hydrogen-bond donors (Lipinski definition) is 5. The summed E-state index contributed by atoms with van der Waals surface area (Å²) in [6.45, 7) is 2.00. The first-order valence-corrected chi connectivity index (χ1v) is 41.4. The fraction of sp³-hybridized carbons (Fsp3) is 0.0400. The minimum Gasteiger partial charge on any atom is -0.354 e. The minimum atomic E-state index is -1.45. The molecule has 2 aliphatic rings. The van der Waals surface area contributed by atoms with Gasteiger partial charge < -0.3 is 46.3 Å². The molecule has 0 aliphatic carbocycles. The second-order valence-corrected chi connectivity index (χ2v) is 28.3. The Morgan fingerprint density at radius 3 is 1.15 bits per heavy atom. The standard InChI is InChI=1S/C32H22N2.C32H24N2.C22H18BNO2.C10H8BrN.C4H8O.Cu.HI/c1-3-11-24(12-4-1)34(25-13-5-2-6-14-25)26-18-20-27-23(21-26)17-19-29-28-15-7-9-22-10-8-16-30(31(22)28)33-32(27)29;33-31-16-8-10-23-9-7-15-30(32(23)31)26-18-17-25-22-29(20-19-24(25)21-26)34(27-11-3-1-4-12-27)28-13-5-2-6-14-28;25-23(26)19-13-11-18-16-22(14-12-17(18)15-19)24(20-7-3-1-4-8-20)21-9-5-2-6-10-21;11-8-5-1-3-7-4-2-6-9(12)10(7)8;1-2-4-5-3-1;;/h1-21,33H;1-22H,33H2;1-16,25-26H;1-6H,12H2;1-4H2;;1H/q;;;;;+1;/p-1. The summed E-state index contributed by atoms with van der Waals surface area (Å²) >= 11 is 9.34. The van der Waals surface area contributed by atoms with Gasteiger partial charge in [-0.3, -0.25) is 0 Å². The van der Waals surface area contributed by atoms with Crippen LogP contribution in [0, 0.1) is 0 Å². The fourth-order valence-corrected chi connectivity index (χ4v) is 15.6. The third-order valence-corrected chi connectivity index (χ3v) is 20.9. The zero-order valence-corrected chi connectivity index (χ0v) is 66.5. The number of benzene rings is 18. The van der Waals surface area contributed by atoms with Crippen molar-refractivity contribution in [2.24, 2.45) is 0 Å². The van der Waals surface area contributed by atoms with E-state index in [0.29, 0.717) is 5.46 Å². The molecule has 0 atom stereocenters.